The molecule has 0 aliphatic rings. The Hall–Kier alpha value is -2.29. The molecule has 1 aromatic carbocycles. The van der Waals surface area contributed by atoms with Gasteiger partial charge in [-0.1, -0.05) is 6.92 Å². The quantitative estimate of drug-likeness (QED) is 0.685. The number of methoxy groups -OCH3 is 2. The van der Waals surface area contributed by atoms with Gasteiger partial charge in [0.15, 0.2) is 9.84 Å². The summed E-state index contributed by atoms with van der Waals surface area (Å²) in [5.41, 5.74) is 0.565. The van der Waals surface area contributed by atoms with Crippen LogP contribution in [0.3, 0.4) is 0 Å². The normalized spacial score (nSPS) is 11.0. The first-order valence-corrected chi connectivity index (χ1v) is 8.94. The molecule has 134 valence electrons. The van der Waals surface area contributed by atoms with Crippen molar-refractivity contribution in [2.24, 2.45) is 0 Å². The van der Waals surface area contributed by atoms with E-state index in [0.717, 1.165) is 4.90 Å². The molecule has 0 radical (unpaired) electrons. The molecule has 0 aliphatic carbocycles. The molecule has 1 aromatic rings. The second-order valence-corrected chi connectivity index (χ2v) is 7.39. The lowest BCUT2D eigenvalue weighted by Crippen LogP contribution is -2.39. The number of carboxylic acid groups (broad SMARTS) is 1. The minimum Gasteiger partial charge on any atom is -0.497 e. The van der Waals surface area contributed by atoms with Crippen molar-refractivity contribution in [3.8, 4) is 11.5 Å². The summed E-state index contributed by atoms with van der Waals surface area (Å²) in [7, 11) is -0.621. The highest BCUT2D eigenvalue weighted by atomic mass is 32.2. The summed E-state index contributed by atoms with van der Waals surface area (Å²) < 4.78 is 33.5. The highest BCUT2D eigenvalue weighted by Crippen LogP contribution is 2.23. The second-order valence-electron chi connectivity index (χ2n) is 5.04. The third-order valence-electron chi connectivity index (χ3n) is 3.25. The van der Waals surface area contributed by atoms with Crippen LogP contribution in [0.15, 0.2) is 18.2 Å². The van der Waals surface area contributed by atoms with Gasteiger partial charge in [0.25, 0.3) is 0 Å². The second kappa shape index (κ2) is 8.53. The summed E-state index contributed by atoms with van der Waals surface area (Å²) in [4.78, 5) is 24.2. The molecule has 0 unspecified atom stereocenters. The minimum atomic E-state index is -3.55. The standard InChI is InChI=1S/C15H21NO7S/c1-4-24(20,21)10-14(17)16(9-15(18)19)8-11-5-12(22-2)7-13(6-11)23-3/h5-7H,4,8-10H2,1-3H3,(H,18,19). The molecule has 0 spiro atoms. The number of carboxylic acids is 1. The number of carbonyl (C=O) groups excluding carboxylic acids is 1. The van der Waals surface area contributed by atoms with Crippen molar-refractivity contribution < 1.29 is 32.6 Å². The molecule has 24 heavy (non-hydrogen) atoms. The Labute approximate surface area is 140 Å². The Morgan fingerprint density at radius 2 is 1.67 bits per heavy atom. The van der Waals surface area contributed by atoms with Crippen molar-refractivity contribution in [3.05, 3.63) is 23.8 Å². The van der Waals surface area contributed by atoms with Gasteiger partial charge in [-0.15, -0.1) is 0 Å². The van der Waals surface area contributed by atoms with Crippen LogP contribution in [0.5, 0.6) is 11.5 Å². The molecule has 1 N–H and O–H groups in total. The number of rotatable bonds is 9. The predicted octanol–water partition coefficient (Wildman–Crippen LogP) is 0.552. The van der Waals surface area contributed by atoms with Crippen LogP contribution in [0.2, 0.25) is 0 Å². The molecule has 1 rings (SSSR count). The molecular weight excluding hydrogens is 338 g/mol. The molecule has 0 heterocycles. The highest BCUT2D eigenvalue weighted by Gasteiger charge is 2.23. The Bertz CT molecular complexity index is 678. The van der Waals surface area contributed by atoms with Crippen LogP contribution >= 0.6 is 0 Å². The fourth-order valence-corrected chi connectivity index (χ4v) is 2.72. The summed E-state index contributed by atoms with van der Waals surface area (Å²) >= 11 is 0. The fourth-order valence-electron chi connectivity index (χ4n) is 1.96. The van der Waals surface area contributed by atoms with Crippen LogP contribution in [-0.4, -0.2) is 62.6 Å². The third-order valence-corrected chi connectivity index (χ3v) is 4.81. The Balaban J connectivity index is 3.05. The number of ether oxygens (including phenoxy) is 2. The Kier molecular flexibility index (Phi) is 7.02. The number of hydrogen-bond donors (Lipinski definition) is 1. The van der Waals surface area contributed by atoms with Gasteiger partial charge in [-0.25, -0.2) is 8.42 Å². The lowest BCUT2D eigenvalue weighted by molar-refractivity contribution is -0.143. The minimum absolute atomic E-state index is 0.0715. The molecule has 9 heteroatoms. The molecule has 0 aromatic heterocycles. The van der Waals surface area contributed by atoms with E-state index in [-0.39, 0.29) is 12.3 Å². The first kappa shape index (κ1) is 19.8. The van der Waals surface area contributed by atoms with Gasteiger partial charge >= 0.3 is 5.97 Å². The summed E-state index contributed by atoms with van der Waals surface area (Å²) in [6, 6.07) is 4.88. The monoisotopic (exact) mass is 359 g/mol. The van der Waals surface area contributed by atoms with Gasteiger partial charge in [0, 0.05) is 18.4 Å². The summed E-state index contributed by atoms with van der Waals surface area (Å²) in [5, 5.41) is 8.98. The predicted molar refractivity (Wildman–Crippen MR) is 86.9 cm³/mol. The van der Waals surface area contributed by atoms with E-state index in [4.69, 9.17) is 14.6 Å². The van der Waals surface area contributed by atoms with Gasteiger partial charge in [-0.05, 0) is 17.7 Å². The van der Waals surface area contributed by atoms with Crippen molar-refractivity contribution in [3.63, 3.8) is 0 Å². The van der Waals surface area contributed by atoms with Crippen LogP contribution in [-0.2, 0) is 26.0 Å². The van der Waals surface area contributed by atoms with Gasteiger partial charge < -0.3 is 19.5 Å². The molecule has 0 aliphatic heterocycles. The van der Waals surface area contributed by atoms with Crippen LogP contribution in [0.25, 0.3) is 0 Å². The zero-order valence-electron chi connectivity index (χ0n) is 13.8. The van der Waals surface area contributed by atoms with Crippen LogP contribution in [0.1, 0.15) is 12.5 Å². The lowest BCUT2D eigenvalue weighted by Gasteiger charge is -2.21. The summed E-state index contributed by atoms with van der Waals surface area (Å²) in [6.07, 6.45) is 0. The first-order valence-electron chi connectivity index (χ1n) is 7.12. The molecule has 0 saturated carbocycles. The van der Waals surface area contributed by atoms with Gasteiger partial charge in [-0.2, -0.15) is 0 Å². The van der Waals surface area contributed by atoms with Gasteiger partial charge in [0.1, 0.15) is 23.8 Å². The van der Waals surface area contributed by atoms with E-state index in [2.05, 4.69) is 0 Å². The van der Waals surface area contributed by atoms with Crippen LogP contribution in [0, 0.1) is 0 Å². The third kappa shape index (κ3) is 6.07. The maximum absolute atomic E-state index is 12.2. The van der Waals surface area contributed by atoms with Gasteiger partial charge in [0.05, 0.1) is 14.2 Å². The number of sulfone groups is 1. The molecule has 0 atom stereocenters. The molecule has 0 fully saturated rings. The number of carbonyl (C=O) groups is 2. The molecule has 8 nitrogen and oxygen atoms in total. The SMILES string of the molecule is CCS(=O)(=O)CC(=O)N(CC(=O)O)Cc1cc(OC)cc(OC)c1. The molecular formula is C15H21NO7S. The van der Waals surface area contributed by atoms with Crippen molar-refractivity contribution in [1.82, 2.24) is 4.90 Å². The van der Waals surface area contributed by atoms with Gasteiger partial charge in [0.2, 0.25) is 5.91 Å². The largest absolute Gasteiger partial charge is 0.497 e. The van der Waals surface area contributed by atoms with E-state index >= 15 is 0 Å². The smallest absolute Gasteiger partial charge is 0.323 e. The number of aliphatic carboxylic acids is 1. The lowest BCUT2D eigenvalue weighted by atomic mass is 10.2. The molecule has 0 saturated heterocycles. The summed E-state index contributed by atoms with van der Waals surface area (Å²) in [5.74, 6) is -1.94. The van der Waals surface area contributed by atoms with E-state index in [9.17, 15) is 18.0 Å². The number of nitrogens with zero attached hydrogens (tertiary/aromatic N) is 1. The van der Waals surface area contributed by atoms with Crippen molar-refractivity contribution in [2.45, 2.75) is 13.5 Å². The van der Waals surface area contributed by atoms with E-state index < -0.39 is 34.0 Å². The highest BCUT2D eigenvalue weighted by molar-refractivity contribution is 7.92. The number of amides is 1. The van der Waals surface area contributed by atoms with Crippen molar-refractivity contribution in [2.75, 3.05) is 32.3 Å². The fraction of sp³-hybridized carbons (Fsp3) is 0.467. The van der Waals surface area contributed by atoms with E-state index in [1.165, 1.54) is 21.1 Å². The number of benzene rings is 1. The topological polar surface area (TPSA) is 110 Å². The zero-order chi connectivity index (χ0) is 18.3. The van der Waals surface area contributed by atoms with Gasteiger partial charge in [-0.3, -0.25) is 9.59 Å². The van der Waals surface area contributed by atoms with Crippen LogP contribution in [0.4, 0.5) is 0 Å². The maximum atomic E-state index is 12.2. The molecule has 0 bridgehead atoms. The average molecular weight is 359 g/mol. The van der Waals surface area contributed by atoms with E-state index in [1.807, 2.05) is 0 Å². The van der Waals surface area contributed by atoms with Crippen molar-refractivity contribution in [1.29, 1.82) is 0 Å². The van der Waals surface area contributed by atoms with E-state index in [1.54, 1.807) is 18.2 Å². The average Bonchev–Trinajstić information content (AvgIpc) is 2.52. The number of hydrogen-bond acceptors (Lipinski definition) is 6. The zero-order valence-corrected chi connectivity index (χ0v) is 14.6. The first-order chi connectivity index (χ1) is 11.2. The Morgan fingerprint density at radius 1 is 1.12 bits per heavy atom. The van der Waals surface area contributed by atoms with Crippen molar-refractivity contribution >= 4 is 21.7 Å². The van der Waals surface area contributed by atoms with E-state index in [0.29, 0.717) is 17.1 Å². The van der Waals surface area contributed by atoms with Crippen LogP contribution < -0.4 is 9.47 Å². The summed E-state index contributed by atoms with van der Waals surface area (Å²) in [6.45, 7) is 0.757. The maximum Gasteiger partial charge on any atom is 0.323 e. The Morgan fingerprint density at radius 3 is 2.08 bits per heavy atom. The molecule has 1 amide bonds.